The Kier molecular flexibility index (Phi) is 5.72. The fraction of sp³-hybridized carbons (Fsp3) is 0.278. The third-order valence-electron chi connectivity index (χ3n) is 3.98. The lowest BCUT2D eigenvalue weighted by molar-refractivity contribution is -0.136. The molecule has 1 aromatic heterocycles. The van der Waals surface area contributed by atoms with E-state index in [9.17, 15) is 9.59 Å². The fourth-order valence-corrected chi connectivity index (χ4v) is 2.94. The van der Waals surface area contributed by atoms with Crippen LogP contribution in [0.1, 0.15) is 25.1 Å². The van der Waals surface area contributed by atoms with Gasteiger partial charge in [-0.2, -0.15) is 0 Å². The molecule has 1 aliphatic heterocycles. The number of anilines is 1. The van der Waals surface area contributed by atoms with E-state index in [4.69, 9.17) is 37.8 Å². The van der Waals surface area contributed by atoms with Crippen molar-refractivity contribution in [2.45, 2.75) is 19.4 Å². The van der Waals surface area contributed by atoms with Crippen LogP contribution in [0.3, 0.4) is 0 Å². The maximum atomic E-state index is 12.1. The van der Waals surface area contributed by atoms with Crippen molar-refractivity contribution in [2.24, 2.45) is 0 Å². The first-order valence-electron chi connectivity index (χ1n) is 8.11. The molecule has 1 unspecified atom stereocenters. The third kappa shape index (κ3) is 4.43. The summed E-state index contributed by atoms with van der Waals surface area (Å²) in [6.07, 6.45) is 0.951. The Morgan fingerprint density at radius 1 is 1.41 bits per heavy atom. The minimum absolute atomic E-state index is 0.0339. The average Bonchev–Trinajstić information content (AvgIpc) is 2.62. The number of carbonyl (C=O) groups is 2. The zero-order valence-electron chi connectivity index (χ0n) is 14.3. The molecule has 9 heteroatoms. The highest BCUT2D eigenvalue weighted by molar-refractivity contribution is 6.32. The number of fused-ring (bicyclic) bond motifs is 1. The highest BCUT2D eigenvalue weighted by atomic mass is 35.5. The molecule has 1 N–H and O–H groups in total. The first-order chi connectivity index (χ1) is 12.8. The molecular formula is C18H16Cl2N2O5. The Morgan fingerprint density at radius 3 is 2.85 bits per heavy atom. The second kappa shape index (κ2) is 8.02. The van der Waals surface area contributed by atoms with Crippen LogP contribution in [0.15, 0.2) is 30.5 Å². The van der Waals surface area contributed by atoms with Crippen molar-refractivity contribution in [1.82, 2.24) is 4.98 Å². The molecule has 0 saturated carbocycles. The molecule has 0 radical (unpaired) electrons. The molecule has 142 valence electrons. The molecule has 7 nitrogen and oxygen atoms in total. The number of ether oxygens (including phenoxy) is 2. The van der Waals surface area contributed by atoms with Crippen LogP contribution in [-0.4, -0.2) is 35.1 Å². The van der Waals surface area contributed by atoms with Crippen LogP contribution in [0.25, 0.3) is 0 Å². The van der Waals surface area contributed by atoms with Gasteiger partial charge in [-0.25, -0.2) is 0 Å². The van der Waals surface area contributed by atoms with Crippen LogP contribution in [0.2, 0.25) is 10.0 Å². The molecule has 0 aliphatic carbocycles. The number of carboxylic acid groups (broad SMARTS) is 1. The third-order valence-corrected chi connectivity index (χ3v) is 4.50. The number of carboxylic acids is 1. The van der Waals surface area contributed by atoms with Gasteiger partial charge >= 0.3 is 5.97 Å². The Bertz CT molecular complexity index is 873. The number of rotatable bonds is 6. The van der Waals surface area contributed by atoms with Gasteiger partial charge < -0.3 is 19.5 Å². The standard InChI is InChI=1S/C18H16Cl2N2O5/c1-10(13-3-2-11(19)8-21-13)27-15-7-16-14(6-12(15)20)22(5-4-18(24)25)17(23)9-26-16/h2-3,6-8,10H,4-5,9H2,1H3,(H,24,25). The number of carbonyl (C=O) groups excluding carboxylic acids is 1. The average molecular weight is 411 g/mol. The summed E-state index contributed by atoms with van der Waals surface area (Å²) < 4.78 is 11.3. The van der Waals surface area contributed by atoms with Gasteiger partial charge in [0.25, 0.3) is 5.91 Å². The summed E-state index contributed by atoms with van der Waals surface area (Å²) in [6, 6.07) is 6.59. The van der Waals surface area contributed by atoms with Crippen molar-refractivity contribution < 1.29 is 24.2 Å². The molecule has 3 rings (SSSR count). The highest BCUT2D eigenvalue weighted by Crippen LogP contribution is 2.41. The van der Waals surface area contributed by atoms with Gasteiger partial charge in [-0.05, 0) is 25.1 Å². The van der Waals surface area contributed by atoms with Crippen molar-refractivity contribution in [3.05, 3.63) is 46.2 Å². The van der Waals surface area contributed by atoms with E-state index in [-0.39, 0.29) is 30.5 Å². The molecule has 1 aliphatic rings. The second-order valence-electron chi connectivity index (χ2n) is 5.89. The van der Waals surface area contributed by atoms with Crippen molar-refractivity contribution in [1.29, 1.82) is 0 Å². The number of pyridine rings is 1. The summed E-state index contributed by atoms with van der Waals surface area (Å²) in [4.78, 5) is 28.5. The molecule has 2 heterocycles. The molecule has 1 amide bonds. The number of nitrogens with zero attached hydrogens (tertiary/aromatic N) is 2. The molecule has 1 atom stereocenters. The molecule has 0 bridgehead atoms. The Balaban J connectivity index is 1.84. The van der Waals surface area contributed by atoms with Gasteiger partial charge in [0.05, 0.1) is 27.8 Å². The zero-order valence-corrected chi connectivity index (χ0v) is 15.8. The molecule has 0 saturated heterocycles. The van der Waals surface area contributed by atoms with E-state index in [0.717, 1.165) is 0 Å². The number of hydrogen-bond donors (Lipinski definition) is 1. The van der Waals surface area contributed by atoms with Crippen LogP contribution in [-0.2, 0) is 9.59 Å². The van der Waals surface area contributed by atoms with Gasteiger partial charge in [-0.15, -0.1) is 0 Å². The van der Waals surface area contributed by atoms with Crippen molar-refractivity contribution >= 4 is 40.8 Å². The summed E-state index contributed by atoms with van der Waals surface area (Å²) >= 11 is 12.2. The monoisotopic (exact) mass is 410 g/mol. The first-order valence-corrected chi connectivity index (χ1v) is 8.87. The molecule has 2 aromatic rings. The predicted octanol–water partition coefficient (Wildman–Crippen LogP) is 3.73. The molecule has 27 heavy (non-hydrogen) atoms. The Morgan fingerprint density at radius 2 is 2.19 bits per heavy atom. The predicted molar refractivity (Wildman–Crippen MR) is 99.8 cm³/mol. The topological polar surface area (TPSA) is 89.0 Å². The van der Waals surface area contributed by atoms with Crippen LogP contribution in [0, 0.1) is 0 Å². The van der Waals surface area contributed by atoms with Crippen LogP contribution >= 0.6 is 23.2 Å². The van der Waals surface area contributed by atoms with Crippen LogP contribution in [0.5, 0.6) is 11.5 Å². The van der Waals surface area contributed by atoms with Crippen LogP contribution in [0.4, 0.5) is 5.69 Å². The minimum atomic E-state index is -0.994. The SMILES string of the molecule is CC(Oc1cc2c(cc1Cl)N(CCC(=O)O)C(=O)CO2)c1ccc(Cl)cn1. The Hall–Kier alpha value is -2.51. The number of hydrogen-bond acceptors (Lipinski definition) is 5. The number of benzene rings is 1. The van der Waals surface area contributed by atoms with Gasteiger partial charge in [-0.1, -0.05) is 23.2 Å². The van der Waals surface area contributed by atoms with E-state index < -0.39 is 12.1 Å². The fourth-order valence-electron chi connectivity index (χ4n) is 2.62. The van der Waals surface area contributed by atoms with E-state index >= 15 is 0 Å². The molecule has 0 spiro atoms. The molecule has 1 aromatic carbocycles. The summed E-state index contributed by atoms with van der Waals surface area (Å²) in [7, 11) is 0. The van der Waals surface area contributed by atoms with E-state index in [1.807, 2.05) is 6.92 Å². The maximum absolute atomic E-state index is 12.1. The number of aliphatic carboxylic acids is 1. The Labute approximate surface area is 165 Å². The summed E-state index contributed by atoms with van der Waals surface area (Å²) in [5.41, 5.74) is 1.09. The van der Waals surface area contributed by atoms with Crippen molar-refractivity contribution in [2.75, 3.05) is 18.1 Å². The minimum Gasteiger partial charge on any atom is -0.483 e. The number of aromatic nitrogens is 1. The van der Waals surface area contributed by atoms with Gasteiger partial charge in [0.15, 0.2) is 6.61 Å². The summed E-state index contributed by atoms with van der Waals surface area (Å²) in [5, 5.41) is 9.67. The van der Waals surface area contributed by atoms with E-state index in [0.29, 0.717) is 27.9 Å². The zero-order chi connectivity index (χ0) is 19.6. The highest BCUT2D eigenvalue weighted by Gasteiger charge is 2.28. The second-order valence-corrected chi connectivity index (χ2v) is 6.73. The summed E-state index contributed by atoms with van der Waals surface area (Å²) in [5.74, 6) is -0.554. The van der Waals surface area contributed by atoms with Gasteiger partial charge in [0.1, 0.15) is 17.6 Å². The van der Waals surface area contributed by atoms with Crippen LogP contribution < -0.4 is 14.4 Å². The molecule has 0 fully saturated rings. The largest absolute Gasteiger partial charge is 0.483 e. The first kappa shape index (κ1) is 19.3. The summed E-state index contributed by atoms with van der Waals surface area (Å²) in [6.45, 7) is 1.67. The van der Waals surface area contributed by atoms with E-state index in [1.165, 1.54) is 17.2 Å². The van der Waals surface area contributed by atoms with Crippen molar-refractivity contribution in [3.8, 4) is 11.5 Å². The lowest BCUT2D eigenvalue weighted by Crippen LogP contribution is -2.40. The smallest absolute Gasteiger partial charge is 0.305 e. The van der Waals surface area contributed by atoms with Gasteiger partial charge in [-0.3, -0.25) is 14.6 Å². The van der Waals surface area contributed by atoms with E-state index in [1.54, 1.807) is 18.2 Å². The van der Waals surface area contributed by atoms with Crippen molar-refractivity contribution in [3.63, 3.8) is 0 Å². The lowest BCUT2D eigenvalue weighted by atomic mass is 10.2. The van der Waals surface area contributed by atoms with Gasteiger partial charge in [0.2, 0.25) is 0 Å². The molecular weight excluding hydrogens is 395 g/mol. The normalized spacial score (nSPS) is 14.3. The quantitative estimate of drug-likeness (QED) is 0.780. The maximum Gasteiger partial charge on any atom is 0.305 e. The lowest BCUT2D eigenvalue weighted by Gasteiger charge is -2.30. The number of halogens is 2. The van der Waals surface area contributed by atoms with Gasteiger partial charge in [0, 0.05) is 18.8 Å². The van der Waals surface area contributed by atoms with E-state index in [2.05, 4.69) is 4.98 Å². The number of amides is 1.